The summed E-state index contributed by atoms with van der Waals surface area (Å²) >= 11 is 0. The van der Waals surface area contributed by atoms with Crippen molar-refractivity contribution < 1.29 is 9.53 Å². The molecule has 0 spiro atoms. The van der Waals surface area contributed by atoms with E-state index in [-0.39, 0.29) is 6.09 Å². The summed E-state index contributed by atoms with van der Waals surface area (Å²) in [5, 5.41) is 3.83. The number of hydrogen-bond donors (Lipinski definition) is 1. The van der Waals surface area contributed by atoms with E-state index in [2.05, 4.69) is 33.0 Å². The fourth-order valence-corrected chi connectivity index (χ4v) is 3.15. The molecule has 21 heavy (non-hydrogen) atoms. The number of nitrogens with one attached hydrogen (secondary N) is 1. The Morgan fingerprint density at radius 2 is 1.67 bits per heavy atom. The van der Waals surface area contributed by atoms with Crippen molar-refractivity contribution in [2.45, 2.75) is 72.4 Å². The summed E-state index contributed by atoms with van der Waals surface area (Å²) in [5.74, 6) is 1.45. The van der Waals surface area contributed by atoms with Gasteiger partial charge in [-0.15, -0.1) is 0 Å². The molecule has 1 aliphatic rings. The molecular weight excluding hydrogens is 264 g/mol. The second kappa shape index (κ2) is 9.29. The lowest BCUT2D eigenvalue weighted by molar-refractivity contribution is 0.0936. The zero-order valence-corrected chi connectivity index (χ0v) is 14.5. The van der Waals surface area contributed by atoms with Crippen LogP contribution >= 0.6 is 0 Å². The minimum atomic E-state index is -0.156. The van der Waals surface area contributed by atoms with E-state index in [9.17, 15) is 4.79 Å². The summed E-state index contributed by atoms with van der Waals surface area (Å²) in [7, 11) is 0. The van der Waals surface area contributed by atoms with Crippen molar-refractivity contribution in [3.8, 4) is 0 Å². The molecule has 1 rings (SSSR count). The van der Waals surface area contributed by atoms with Gasteiger partial charge in [-0.25, -0.2) is 4.79 Å². The van der Waals surface area contributed by atoms with Gasteiger partial charge in [-0.05, 0) is 44.4 Å². The molecule has 0 atom stereocenters. The molecular formula is C17H34N2O2. The number of ether oxygens (including phenoxy) is 1. The summed E-state index contributed by atoms with van der Waals surface area (Å²) in [4.78, 5) is 13.5. The van der Waals surface area contributed by atoms with Gasteiger partial charge in [-0.3, -0.25) is 0 Å². The van der Waals surface area contributed by atoms with Gasteiger partial charge < -0.3 is 15.0 Å². The molecule has 0 radical (unpaired) electrons. The molecule has 0 aromatic rings. The molecule has 4 nitrogen and oxygen atoms in total. The molecule has 1 fully saturated rings. The quantitative estimate of drug-likeness (QED) is 0.780. The van der Waals surface area contributed by atoms with Crippen LogP contribution in [0, 0.1) is 11.8 Å². The van der Waals surface area contributed by atoms with E-state index in [1.54, 1.807) is 0 Å². The maximum Gasteiger partial charge on any atom is 0.409 e. The van der Waals surface area contributed by atoms with Gasteiger partial charge in [0.05, 0.1) is 6.61 Å². The highest BCUT2D eigenvalue weighted by molar-refractivity contribution is 5.67. The van der Waals surface area contributed by atoms with Gasteiger partial charge in [-0.2, -0.15) is 0 Å². The van der Waals surface area contributed by atoms with Gasteiger partial charge in [0.1, 0.15) is 0 Å². The molecule has 0 saturated carbocycles. The van der Waals surface area contributed by atoms with E-state index in [0.29, 0.717) is 18.7 Å². The highest BCUT2D eigenvalue weighted by Crippen LogP contribution is 2.18. The van der Waals surface area contributed by atoms with Crippen molar-refractivity contribution in [1.82, 2.24) is 10.2 Å². The average Bonchev–Trinajstić information content (AvgIpc) is 2.38. The summed E-state index contributed by atoms with van der Waals surface area (Å²) in [6.07, 6.45) is 4.38. The van der Waals surface area contributed by atoms with E-state index in [1.165, 1.54) is 12.8 Å². The topological polar surface area (TPSA) is 41.6 Å². The average molecular weight is 298 g/mol. The Balaban J connectivity index is 2.39. The third-order valence-corrected chi connectivity index (χ3v) is 4.00. The zero-order chi connectivity index (χ0) is 15.8. The third-order valence-electron chi connectivity index (χ3n) is 4.00. The van der Waals surface area contributed by atoms with E-state index < -0.39 is 0 Å². The molecule has 0 aliphatic carbocycles. The summed E-state index contributed by atoms with van der Waals surface area (Å²) < 4.78 is 5.07. The standard InChI is InChI=1S/C17H34N2O2/c1-6-21-17(20)19-9-7-15(8-10-19)18-16(11-13(2)3)12-14(4)5/h13-16,18H,6-12H2,1-5H3. The van der Waals surface area contributed by atoms with Crippen LogP contribution in [0.15, 0.2) is 0 Å². The van der Waals surface area contributed by atoms with Crippen molar-refractivity contribution in [2.75, 3.05) is 19.7 Å². The predicted molar refractivity (Wildman–Crippen MR) is 87.5 cm³/mol. The number of likely N-dealkylation sites (tertiary alicyclic amines) is 1. The smallest absolute Gasteiger partial charge is 0.409 e. The minimum absolute atomic E-state index is 0.156. The molecule has 1 N–H and O–H groups in total. The number of rotatable bonds is 7. The number of amides is 1. The zero-order valence-electron chi connectivity index (χ0n) is 14.5. The van der Waals surface area contributed by atoms with Crippen molar-refractivity contribution >= 4 is 6.09 Å². The van der Waals surface area contributed by atoms with Crippen LogP contribution in [-0.2, 0) is 4.74 Å². The molecule has 0 unspecified atom stereocenters. The van der Waals surface area contributed by atoms with Crippen LogP contribution in [0.25, 0.3) is 0 Å². The number of carbonyl (C=O) groups is 1. The lowest BCUT2D eigenvalue weighted by Crippen LogP contribution is -2.48. The Labute approximate surface area is 130 Å². The maximum atomic E-state index is 11.7. The van der Waals surface area contributed by atoms with Gasteiger partial charge >= 0.3 is 6.09 Å². The number of carbonyl (C=O) groups excluding carboxylic acids is 1. The van der Waals surface area contributed by atoms with Crippen molar-refractivity contribution in [1.29, 1.82) is 0 Å². The van der Waals surface area contributed by atoms with E-state index >= 15 is 0 Å². The number of hydrogen-bond acceptors (Lipinski definition) is 3. The Bertz CT molecular complexity index is 287. The van der Waals surface area contributed by atoms with E-state index in [0.717, 1.165) is 37.8 Å². The molecule has 1 saturated heterocycles. The van der Waals surface area contributed by atoms with Gasteiger partial charge in [0.15, 0.2) is 0 Å². The normalized spacial score (nSPS) is 17.0. The first-order valence-corrected chi connectivity index (χ1v) is 8.60. The molecule has 1 aliphatic heterocycles. The van der Waals surface area contributed by atoms with Gasteiger partial charge in [-0.1, -0.05) is 27.7 Å². The Morgan fingerprint density at radius 1 is 1.14 bits per heavy atom. The summed E-state index contributed by atoms with van der Waals surface area (Å²) in [6.45, 7) is 13.1. The van der Waals surface area contributed by atoms with E-state index in [1.807, 2.05) is 11.8 Å². The van der Waals surface area contributed by atoms with Crippen molar-refractivity contribution in [3.63, 3.8) is 0 Å². The molecule has 0 bridgehead atoms. The first kappa shape index (κ1) is 18.3. The Kier molecular flexibility index (Phi) is 8.09. The SMILES string of the molecule is CCOC(=O)N1CCC(NC(CC(C)C)CC(C)C)CC1. The fourth-order valence-electron chi connectivity index (χ4n) is 3.15. The summed E-state index contributed by atoms with van der Waals surface area (Å²) in [5.41, 5.74) is 0. The molecule has 4 heteroatoms. The highest BCUT2D eigenvalue weighted by atomic mass is 16.6. The lowest BCUT2D eigenvalue weighted by Gasteiger charge is -2.35. The number of nitrogens with zero attached hydrogens (tertiary/aromatic N) is 1. The first-order valence-electron chi connectivity index (χ1n) is 8.60. The molecule has 124 valence electrons. The highest BCUT2D eigenvalue weighted by Gasteiger charge is 2.25. The Hall–Kier alpha value is -0.770. The van der Waals surface area contributed by atoms with Crippen LogP contribution in [0.3, 0.4) is 0 Å². The second-order valence-electron chi connectivity index (χ2n) is 7.08. The lowest BCUT2D eigenvalue weighted by atomic mass is 9.93. The van der Waals surface area contributed by atoms with Gasteiger partial charge in [0, 0.05) is 25.2 Å². The van der Waals surface area contributed by atoms with Crippen LogP contribution in [0.4, 0.5) is 4.79 Å². The molecule has 1 heterocycles. The monoisotopic (exact) mass is 298 g/mol. The van der Waals surface area contributed by atoms with Crippen molar-refractivity contribution in [2.24, 2.45) is 11.8 Å². The maximum absolute atomic E-state index is 11.7. The Morgan fingerprint density at radius 3 is 2.10 bits per heavy atom. The van der Waals surface area contributed by atoms with Crippen LogP contribution in [0.5, 0.6) is 0 Å². The van der Waals surface area contributed by atoms with E-state index in [4.69, 9.17) is 4.74 Å². The molecule has 0 aromatic heterocycles. The summed E-state index contributed by atoms with van der Waals surface area (Å²) in [6, 6.07) is 1.14. The second-order valence-corrected chi connectivity index (χ2v) is 7.08. The van der Waals surface area contributed by atoms with Gasteiger partial charge in [0.25, 0.3) is 0 Å². The first-order chi connectivity index (χ1) is 9.92. The largest absolute Gasteiger partial charge is 0.450 e. The van der Waals surface area contributed by atoms with Crippen LogP contribution in [0.2, 0.25) is 0 Å². The number of piperidine rings is 1. The minimum Gasteiger partial charge on any atom is -0.450 e. The van der Waals surface area contributed by atoms with Crippen LogP contribution in [-0.4, -0.2) is 42.8 Å². The molecule has 1 amide bonds. The molecule has 0 aromatic carbocycles. The van der Waals surface area contributed by atoms with Crippen molar-refractivity contribution in [3.05, 3.63) is 0 Å². The van der Waals surface area contributed by atoms with Crippen LogP contribution < -0.4 is 5.32 Å². The van der Waals surface area contributed by atoms with Crippen LogP contribution in [0.1, 0.15) is 60.3 Å². The van der Waals surface area contributed by atoms with Gasteiger partial charge in [0.2, 0.25) is 0 Å². The third kappa shape index (κ3) is 7.16. The fraction of sp³-hybridized carbons (Fsp3) is 0.941. The predicted octanol–water partition coefficient (Wildman–Crippen LogP) is 3.66.